The number of carbonyl (C=O) groups excluding carboxylic acids is 2. The fourth-order valence-electron chi connectivity index (χ4n) is 1.32. The Morgan fingerprint density at radius 1 is 1.75 bits per heavy atom. The number of aromatic nitrogens is 2. The lowest BCUT2D eigenvalue weighted by Crippen LogP contribution is -2.09. The van der Waals surface area contributed by atoms with Crippen molar-refractivity contribution in [3.8, 4) is 0 Å². The normalized spacial score (nSPS) is 11.7. The minimum atomic E-state index is -0.508. The van der Waals surface area contributed by atoms with Crippen molar-refractivity contribution in [3.63, 3.8) is 0 Å². The lowest BCUT2D eigenvalue weighted by Gasteiger charge is -2.03. The van der Waals surface area contributed by atoms with Crippen molar-refractivity contribution in [2.24, 2.45) is 12.0 Å². The molecule has 1 atom stereocenters. The molecule has 1 unspecified atom stereocenters. The van der Waals surface area contributed by atoms with Crippen LogP contribution in [-0.4, -0.2) is 28.4 Å². The molecule has 1 aromatic rings. The van der Waals surface area contributed by atoms with Gasteiger partial charge in [-0.05, 0) is 13.8 Å². The van der Waals surface area contributed by atoms with E-state index in [-0.39, 0.29) is 12.3 Å². The van der Waals surface area contributed by atoms with Gasteiger partial charge in [0, 0.05) is 18.8 Å². The van der Waals surface area contributed by atoms with Gasteiger partial charge in [0.15, 0.2) is 5.69 Å². The number of hydrogen-bond donors (Lipinski definition) is 0. The molecule has 0 fully saturated rings. The van der Waals surface area contributed by atoms with E-state index < -0.39 is 12.0 Å². The molecule has 1 rings (SSSR count). The van der Waals surface area contributed by atoms with Crippen LogP contribution in [0.4, 0.5) is 0 Å². The van der Waals surface area contributed by atoms with E-state index in [1.165, 1.54) is 10.8 Å². The number of rotatable bonds is 4. The first kappa shape index (κ1) is 12.1. The summed E-state index contributed by atoms with van der Waals surface area (Å²) in [4.78, 5) is 25.3. The van der Waals surface area contributed by atoms with Crippen molar-refractivity contribution >= 4 is 12.0 Å². The lowest BCUT2D eigenvalue weighted by atomic mass is 10.1. The Hall–Kier alpha value is -1.94. The zero-order valence-corrected chi connectivity index (χ0v) is 9.43. The van der Waals surface area contributed by atoms with Crippen LogP contribution in [0.5, 0.6) is 0 Å². The van der Waals surface area contributed by atoms with Crippen LogP contribution in [0.25, 0.3) is 0 Å². The van der Waals surface area contributed by atoms with E-state index in [1.807, 2.05) is 0 Å². The van der Waals surface area contributed by atoms with Crippen LogP contribution < -0.4 is 0 Å². The highest BCUT2D eigenvalue weighted by molar-refractivity contribution is 5.89. The molecule has 0 N–H and O–H groups in total. The maximum Gasteiger partial charge on any atom is 0.359 e. The van der Waals surface area contributed by atoms with Crippen molar-refractivity contribution in [2.75, 3.05) is 6.61 Å². The molecule has 0 radical (unpaired) electrons. The third-order valence-electron chi connectivity index (χ3n) is 2.02. The fraction of sp³-hybridized carbons (Fsp3) is 0.500. The van der Waals surface area contributed by atoms with Crippen LogP contribution in [0.3, 0.4) is 0 Å². The van der Waals surface area contributed by atoms with Gasteiger partial charge in [-0.15, -0.1) is 0 Å². The number of esters is 1. The van der Waals surface area contributed by atoms with Crippen LogP contribution >= 0.6 is 0 Å². The molecule has 1 aromatic heterocycles. The summed E-state index contributed by atoms with van der Waals surface area (Å²) >= 11 is 0. The number of ether oxygens (including phenoxy) is 1. The first-order valence-corrected chi connectivity index (χ1v) is 4.87. The smallest absolute Gasteiger partial charge is 0.359 e. The van der Waals surface area contributed by atoms with Gasteiger partial charge in [0.1, 0.15) is 0 Å². The number of isocyanates is 1. The van der Waals surface area contributed by atoms with E-state index in [1.54, 1.807) is 27.1 Å². The molecule has 6 heteroatoms. The zero-order chi connectivity index (χ0) is 12.1. The van der Waals surface area contributed by atoms with E-state index in [0.717, 1.165) is 0 Å². The second-order valence-corrected chi connectivity index (χ2v) is 3.22. The van der Waals surface area contributed by atoms with Crippen molar-refractivity contribution in [1.82, 2.24) is 9.78 Å². The summed E-state index contributed by atoms with van der Waals surface area (Å²) in [6, 6.07) is -0.453. The molecule has 0 aromatic carbocycles. The average molecular weight is 223 g/mol. The number of aryl methyl sites for hydroxylation is 1. The Bertz CT molecular complexity index is 433. The highest BCUT2D eigenvalue weighted by Crippen LogP contribution is 2.20. The molecule has 1 heterocycles. The van der Waals surface area contributed by atoms with Crippen LogP contribution in [0, 0.1) is 0 Å². The minimum absolute atomic E-state index is 0.191. The highest BCUT2D eigenvalue weighted by Gasteiger charge is 2.20. The number of nitrogens with zero attached hydrogens (tertiary/aromatic N) is 3. The second-order valence-electron chi connectivity index (χ2n) is 3.22. The van der Waals surface area contributed by atoms with Gasteiger partial charge >= 0.3 is 5.97 Å². The molecular formula is C10H13N3O3. The number of hydrogen-bond acceptors (Lipinski definition) is 5. The molecule has 86 valence electrons. The van der Waals surface area contributed by atoms with Gasteiger partial charge in [0.05, 0.1) is 12.6 Å². The minimum Gasteiger partial charge on any atom is -0.461 e. The van der Waals surface area contributed by atoms with Crippen LogP contribution in [0.2, 0.25) is 0 Å². The van der Waals surface area contributed by atoms with Gasteiger partial charge in [-0.25, -0.2) is 9.59 Å². The molecule has 16 heavy (non-hydrogen) atoms. The lowest BCUT2D eigenvalue weighted by molar-refractivity contribution is 0.0517. The summed E-state index contributed by atoms with van der Waals surface area (Å²) in [7, 11) is 1.68. The molecule has 0 spiro atoms. The summed E-state index contributed by atoms with van der Waals surface area (Å²) in [6.07, 6.45) is 3.10. The first-order chi connectivity index (χ1) is 7.60. The van der Waals surface area contributed by atoms with Crippen molar-refractivity contribution in [1.29, 1.82) is 0 Å². The third kappa shape index (κ3) is 2.55. The second kappa shape index (κ2) is 5.23. The van der Waals surface area contributed by atoms with E-state index in [0.29, 0.717) is 5.56 Å². The molecule has 0 saturated carbocycles. The molecule has 0 bridgehead atoms. The van der Waals surface area contributed by atoms with Gasteiger partial charge in [0.2, 0.25) is 6.08 Å². The SMILES string of the molecule is CCOC(=O)c1nn(C)cc1C(C)N=C=O. The third-order valence-corrected chi connectivity index (χ3v) is 2.02. The Labute approximate surface area is 92.9 Å². The maximum atomic E-state index is 11.5. The first-order valence-electron chi connectivity index (χ1n) is 4.87. The van der Waals surface area contributed by atoms with Crippen molar-refractivity contribution in [2.45, 2.75) is 19.9 Å². The summed E-state index contributed by atoms with van der Waals surface area (Å²) in [5.41, 5.74) is 0.750. The number of carbonyl (C=O) groups is 1. The predicted molar refractivity (Wildman–Crippen MR) is 55.7 cm³/mol. The number of aliphatic imine (C=N–C) groups is 1. The summed E-state index contributed by atoms with van der Waals surface area (Å²) in [5.74, 6) is -0.508. The Morgan fingerprint density at radius 3 is 3.00 bits per heavy atom. The van der Waals surface area contributed by atoms with Crippen molar-refractivity contribution in [3.05, 3.63) is 17.5 Å². The standard InChI is InChI=1S/C10H13N3O3/c1-4-16-10(15)9-8(5-13(3)12-9)7(2)11-6-14/h5,7H,4H2,1-3H3. The van der Waals surface area contributed by atoms with Crippen molar-refractivity contribution < 1.29 is 14.3 Å². The van der Waals surface area contributed by atoms with Crippen LogP contribution in [-0.2, 0) is 16.6 Å². The molecule has 6 nitrogen and oxygen atoms in total. The molecule has 0 aliphatic carbocycles. The quantitative estimate of drug-likeness (QED) is 0.433. The van der Waals surface area contributed by atoms with E-state index in [4.69, 9.17) is 4.74 Å². The van der Waals surface area contributed by atoms with Gasteiger partial charge in [-0.3, -0.25) is 4.68 Å². The molecule has 0 aliphatic rings. The summed E-state index contributed by atoms with van der Waals surface area (Å²) in [6.45, 7) is 3.68. The Kier molecular flexibility index (Phi) is 3.96. The van der Waals surface area contributed by atoms with E-state index in [9.17, 15) is 9.59 Å². The summed E-state index contributed by atoms with van der Waals surface area (Å²) < 4.78 is 6.34. The molecule has 0 saturated heterocycles. The van der Waals surface area contributed by atoms with Crippen LogP contribution in [0.1, 0.15) is 35.9 Å². The maximum absolute atomic E-state index is 11.5. The van der Waals surface area contributed by atoms with E-state index in [2.05, 4.69) is 10.1 Å². The average Bonchev–Trinajstić information content (AvgIpc) is 2.61. The van der Waals surface area contributed by atoms with Gasteiger partial charge < -0.3 is 4.74 Å². The highest BCUT2D eigenvalue weighted by atomic mass is 16.5. The van der Waals surface area contributed by atoms with Gasteiger partial charge in [0.25, 0.3) is 0 Å². The van der Waals surface area contributed by atoms with Gasteiger partial charge in [-0.1, -0.05) is 0 Å². The molecule has 0 amide bonds. The van der Waals surface area contributed by atoms with E-state index >= 15 is 0 Å². The van der Waals surface area contributed by atoms with Gasteiger partial charge in [-0.2, -0.15) is 10.1 Å². The van der Waals surface area contributed by atoms with Crippen LogP contribution in [0.15, 0.2) is 11.2 Å². The Balaban J connectivity index is 3.08. The monoisotopic (exact) mass is 223 g/mol. The molecule has 0 aliphatic heterocycles. The zero-order valence-electron chi connectivity index (χ0n) is 9.43. The molecular weight excluding hydrogens is 210 g/mol. The predicted octanol–water partition coefficient (Wildman–Crippen LogP) is 0.994. The largest absolute Gasteiger partial charge is 0.461 e. The Morgan fingerprint density at radius 2 is 2.44 bits per heavy atom. The topological polar surface area (TPSA) is 73.5 Å². The fourth-order valence-corrected chi connectivity index (χ4v) is 1.32. The summed E-state index contributed by atoms with van der Waals surface area (Å²) in [5, 5.41) is 3.98.